The number of benzene rings is 2. The van der Waals surface area contributed by atoms with Crippen molar-refractivity contribution in [3.05, 3.63) is 74.1 Å². The molecule has 1 amide bonds. The van der Waals surface area contributed by atoms with Crippen molar-refractivity contribution in [2.45, 2.75) is 0 Å². The molecular formula is C16H9Cl2FN4O3. The van der Waals surface area contributed by atoms with Gasteiger partial charge < -0.3 is 10.6 Å². The SMILES string of the molecule is N#C/C(=C/Nc1ccc(F)c(Cl)c1)C(=O)Nc1cc([N+](=O)[O-])ccc1Cl. The molecule has 0 saturated carbocycles. The van der Waals surface area contributed by atoms with Crippen LogP contribution < -0.4 is 10.6 Å². The molecule has 0 unspecified atom stereocenters. The summed E-state index contributed by atoms with van der Waals surface area (Å²) in [6.45, 7) is 0. The van der Waals surface area contributed by atoms with Crippen molar-refractivity contribution < 1.29 is 14.1 Å². The number of carbonyl (C=O) groups is 1. The Bertz CT molecular complexity index is 957. The van der Waals surface area contributed by atoms with Gasteiger partial charge in [-0.25, -0.2) is 4.39 Å². The van der Waals surface area contributed by atoms with Crippen LogP contribution in [0.4, 0.5) is 21.5 Å². The number of halogens is 3. The first kappa shape index (κ1) is 19.2. The third-order valence-electron chi connectivity index (χ3n) is 3.08. The molecule has 7 nitrogen and oxygen atoms in total. The van der Waals surface area contributed by atoms with E-state index in [-0.39, 0.29) is 27.0 Å². The molecule has 2 N–H and O–H groups in total. The summed E-state index contributed by atoms with van der Waals surface area (Å²) in [5.41, 5.74) is -0.276. The molecule has 0 radical (unpaired) electrons. The topological polar surface area (TPSA) is 108 Å². The number of hydrogen-bond acceptors (Lipinski definition) is 5. The van der Waals surface area contributed by atoms with E-state index < -0.39 is 16.6 Å². The molecule has 0 atom stereocenters. The minimum atomic E-state index is -0.837. The second kappa shape index (κ2) is 8.29. The number of nitrogens with one attached hydrogen (secondary N) is 2. The summed E-state index contributed by atoms with van der Waals surface area (Å²) in [4.78, 5) is 22.3. The van der Waals surface area contributed by atoms with E-state index in [1.54, 1.807) is 6.07 Å². The van der Waals surface area contributed by atoms with Crippen LogP contribution >= 0.6 is 23.2 Å². The zero-order chi connectivity index (χ0) is 19.3. The van der Waals surface area contributed by atoms with Gasteiger partial charge in [0.25, 0.3) is 11.6 Å². The van der Waals surface area contributed by atoms with Gasteiger partial charge in [0.1, 0.15) is 17.5 Å². The van der Waals surface area contributed by atoms with Crippen molar-refractivity contribution in [2.75, 3.05) is 10.6 Å². The summed E-state index contributed by atoms with van der Waals surface area (Å²) in [5, 5.41) is 24.8. The van der Waals surface area contributed by atoms with E-state index in [9.17, 15) is 19.3 Å². The van der Waals surface area contributed by atoms with E-state index in [4.69, 9.17) is 28.5 Å². The van der Waals surface area contributed by atoms with Crippen LogP contribution in [-0.2, 0) is 4.79 Å². The first-order valence-electron chi connectivity index (χ1n) is 6.89. The molecule has 132 valence electrons. The molecule has 0 heterocycles. The lowest BCUT2D eigenvalue weighted by molar-refractivity contribution is -0.384. The molecule has 26 heavy (non-hydrogen) atoms. The van der Waals surface area contributed by atoms with Gasteiger partial charge in [0.05, 0.1) is 20.7 Å². The number of hydrogen-bond donors (Lipinski definition) is 2. The summed E-state index contributed by atoms with van der Waals surface area (Å²) in [5.74, 6) is -1.45. The molecule has 0 aromatic heterocycles. The van der Waals surface area contributed by atoms with E-state index in [2.05, 4.69) is 10.6 Å². The van der Waals surface area contributed by atoms with Crippen molar-refractivity contribution >= 4 is 46.2 Å². The van der Waals surface area contributed by atoms with E-state index in [0.29, 0.717) is 5.69 Å². The maximum Gasteiger partial charge on any atom is 0.271 e. The lowest BCUT2D eigenvalue weighted by atomic mass is 10.2. The number of nitro groups is 1. The smallest absolute Gasteiger partial charge is 0.271 e. The highest BCUT2D eigenvalue weighted by Crippen LogP contribution is 2.27. The highest BCUT2D eigenvalue weighted by atomic mass is 35.5. The Morgan fingerprint density at radius 2 is 1.96 bits per heavy atom. The maximum atomic E-state index is 13.1. The molecule has 2 aromatic rings. The van der Waals surface area contributed by atoms with Gasteiger partial charge in [-0.3, -0.25) is 14.9 Å². The Balaban J connectivity index is 2.18. The van der Waals surface area contributed by atoms with Crippen LogP contribution in [0.2, 0.25) is 10.0 Å². The monoisotopic (exact) mass is 394 g/mol. The van der Waals surface area contributed by atoms with Crippen LogP contribution in [-0.4, -0.2) is 10.8 Å². The number of rotatable bonds is 5. The van der Waals surface area contributed by atoms with Crippen molar-refractivity contribution in [1.29, 1.82) is 5.26 Å². The Morgan fingerprint density at radius 1 is 1.23 bits per heavy atom. The largest absolute Gasteiger partial charge is 0.360 e. The number of amides is 1. The zero-order valence-corrected chi connectivity index (χ0v) is 14.3. The molecule has 0 fully saturated rings. The predicted octanol–water partition coefficient (Wildman–Crippen LogP) is 4.50. The summed E-state index contributed by atoms with van der Waals surface area (Å²) in [6.07, 6.45) is 1.09. The van der Waals surface area contributed by atoms with Gasteiger partial charge in [0.15, 0.2) is 0 Å². The molecule has 0 aliphatic rings. The van der Waals surface area contributed by atoms with Gasteiger partial charge in [0.2, 0.25) is 0 Å². The minimum absolute atomic E-state index is 0.0168. The zero-order valence-electron chi connectivity index (χ0n) is 12.8. The first-order valence-corrected chi connectivity index (χ1v) is 7.64. The molecule has 0 bridgehead atoms. The number of carbonyl (C=O) groups excluding carboxylic acids is 1. The standard InChI is InChI=1S/C16H9Cl2FN4O3/c17-12-3-2-11(23(25)26)6-15(12)22-16(24)9(7-20)8-21-10-1-4-14(19)13(18)5-10/h1-6,8,21H,(H,22,24)/b9-8-. The predicted molar refractivity (Wildman–Crippen MR) is 95.5 cm³/mol. The number of nitriles is 1. The number of non-ortho nitro benzene ring substituents is 1. The van der Waals surface area contributed by atoms with E-state index in [1.165, 1.54) is 24.3 Å². The summed E-state index contributed by atoms with van der Waals surface area (Å²) < 4.78 is 13.1. The second-order valence-electron chi connectivity index (χ2n) is 4.82. The van der Waals surface area contributed by atoms with Crippen molar-refractivity contribution in [3.63, 3.8) is 0 Å². The quantitative estimate of drug-likeness (QED) is 0.336. The lowest BCUT2D eigenvalue weighted by Crippen LogP contribution is -2.15. The lowest BCUT2D eigenvalue weighted by Gasteiger charge is -2.07. The third kappa shape index (κ3) is 4.69. The molecule has 0 saturated heterocycles. The van der Waals surface area contributed by atoms with Crippen molar-refractivity contribution in [3.8, 4) is 6.07 Å². The van der Waals surface area contributed by atoms with Crippen LogP contribution in [0, 0.1) is 27.3 Å². The van der Waals surface area contributed by atoms with Gasteiger partial charge in [0, 0.05) is 24.0 Å². The van der Waals surface area contributed by atoms with Gasteiger partial charge in [-0.05, 0) is 24.3 Å². The normalized spacial score (nSPS) is 10.8. The van der Waals surface area contributed by atoms with E-state index >= 15 is 0 Å². The molecule has 10 heteroatoms. The molecule has 2 aromatic carbocycles. The Hall–Kier alpha value is -3.15. The Morgan fingerprint density at radius 3 is 2.58 bits per heavy atom. The summed E-state index contributed by atoms with van der Waals surface area (Å²) >= 11 is 11.5. The van der Waals surface area contributed by atoms with Gasteiger partial charge in [-0.1, -0.05) is 23.2 Å². The summed E-state index contributed by atoms with van der Waals surface area (Å²) in [7, 11) is 0. The Labute approximate surface area is 156 Å². The van der Waals surface area contributed by atoms with Gasteiger partial charge in [-0.2, -0.15) is 5.26 Å². The van der Waals surface area contributed by atoms with Crippen molar-refractivity contribution in [1.82, 2.24) is 0 Å². The number of nitro benzene ring substituents is 1. The minimum Gasteiger partial charge on any atom is -0.360 e. The average molecular weight is 395 g/mol. The second-order valence-corrected chi connectivity index (χ2v) is 5.63. The number of anilines is 2. The van der Waals surface area contributed by atoms with Gasteiger partial charge >= 0.3 is 0 Å². The molecular weight excluding hydrogens is 386 g/mol. The van der Waals surface area contributed by atoms with Crippen LogP contribution in [0.3, 0.4) is 0 Å². The van der Waals surface area contributed by atoms with Crippen LogP contribution in [0.1, 0.15) is 0 Å². The van der Waals surface area contributed by atoms with Crippen molar-refractivity contribution in [2.24, 2.45) is 0 Å². The highest BCUT2D eigenvalue weighted by Gasteiger charge is 2.15. The first-order chi connectivity index (χ1) is 12.3. The molecule has 2 rings (SSSR count). The summed E-state index contributed by atoms with van der Waals surface area (Å²) in [6, 6.07) is 8.94. The molecule has 0 aliphatic carbocycles. The fourth-order valence-electron chi connectivity index (χ4n) is 1.80. The van der Waals surface area contributed by atoms with Crippen LogP contribution in [0.5, 0.6) is 0 Å². The van der Waals surface area contributed by atoms with E-state index in [0.717, 1.165) is 18.3 Å². The average Bonchev–Trinajstić information content (AvgIpc) is 2.60. The third-order valence-corrected chi connectivity index (χ3v) is 3.70. The fourth-order valence-corrected chi connectivity index (χ4v) is 2.15. The number of nitrogens with zero attached hydrogens (tertiary/aromatic N) is 2. The maximum absolute atomic E-state index is 13.1. The van der Waals surface area contributed by atoms with Gasteiger partial charge in [-0.15, -0.1) is 0 Å². The highest BCUT2D eigenvalue weighted by molar-refractivity contribution is 6.34. The molecule has 0 spiro atoms. The van der Waals surface area contributed by atoms with Crippen LogP contribution in [0.15, 0.2) is 48.2 Å². The van der Waals surface area contributed by atoms with Crippen LogP contribution in [0.25, 0.3) is 0 Å². The fraction of sp³-hybridized carbons (Fsp3) is 0. The Kier molecular flexibility index (Phi) is 6.11. The molecule has 0 aliphatic heterocycles. The van der Waals surface area contributed by atoms with E-state index in [1.807, 2.05) is 0 Å².